The van der Waals surface area contributed by atoms with E-state index in [1.807, 2.05) is 12.1 Å². The minimum Gasteiger partial charge on any atom is -0.456 e. The first-order valence-corrected chi connectivity index (χ1v) is 10.3. The van der Waals surface area contributed by atoms with E-state index in [4.69, 9.17) is 21.1 Å². The molecule has 8 heteroatoms. The maximum Gasteiger partial charge on any atom is 0.240 e. The van der Waals surface area contributed by atoms with E-state index in [-0.39, 0.29) is 4.90 Å². The highest BCUT2D eigenvalue weighted by molar-refractivity contribution is 7.89. The fourth-order valence-electron chi connectivity index (χ4n) is 2.70. The van der Waals surface area contributed by atoms with Crippen molar-refractivity contribution in [3.63, 3.8) is 0 Å². The van der Waals surface area contributed by atoms with Gasteiger partial charge in [0.05, 0.1) is 36.2 Å². The minimum absolute atomic E-state index is 0.209. The number of rotatable bonds is 7. The molecule has 2 aromatic carbocycles. The normalized spacial score (nSPS) is 15.7. The fourth-order valence-corrected chi connectivity index (χ4v) is 3.90. The highest BCUT2D eigenvalue weighted by Crippen LogP contribution is 2.29. The molecule has 0 unspecified atom stereocenters. The molecule has 0 amide bonds. The lowest BCUT2D eigenvalue weighted by Gasteiger charge is -2.23. The topological polar surface area (TPSA) is 69.1 Å². The van der Waals surface area contributed by atoms with Crippen LogP contribution >= 0.6 is 11.6 Å². The Kier molecular flexibility index (Phi) is 6.50. The third kappa shape index (κ3) is 5.18. The highest BCUT2D eigenvalue weighted by Gasteiger charge is 2.17. The molecular formula is C18H22ClN2O4S+. The summed E-state index contributed by atoms with van der Waals surface area (Å²) in [6.07, 6.45) is 0. The van der Waals surface area contributed by atoms with Crippen molar-refractivity contribution in [2.75, 3.05) is 39.4 Å². The molecule has 0 spiro atoms. The Morgan fingerprint density at radius 2 is 1.77 bits per heavy atom. The number of hydrogen-bond acceptors (Lipinski definition) is 4. The molecule has 1 aliphatic rings. The van der Waals surface area contributed by atoms with Crippen molar-refractivity contribution in [1.82, 2.24) is 4.72 Å². The summed E-state index contributed by atoms with van der Waals surface area (Å²) in [4.78, 5) is 1.56. The molecule has 6 nitrogen and oxygen atoms in total. The van der Waals surface area contributed by atoms with Crippen LogP contribution in [0.25, 0.3) is 0 Å². The molecule has 140 valence electrons. The summed E-state index contributed by atoms with van der Waals surface area (Å²) < 4.78 is 38.4. The molecule has 0 aromatic heterocycles. The van der Waals surface area contributed by atoms with Crippen LogP contribution in [-0.4, -0.2) is 47.8 Å². The van der Waals surface area contributed by atoms with Crippen LogP contribution < -0.4 is 14.4 Å². The molecule has 0 aliphatic carbocycles. The van der Waals surface area contributed by atoms with Gasteiger partial charge in [0.2, 0.25) is 10.0 Å². The van der Waals surface area contributed by atoms with Gasteiger partial charge in [-0.05, 0) is 36.4 Å². The lowest BCUT2D eigenvalue weighted by atomic mass is 10.3. The Labute approximate surface area is 158 Å². The standard InChI is InChI=1S/C18H21ClN2O4S/c19-17-3-1-2-4-18(17)25-15-5-7-16(8-6-15)26(22,23)20-9-10-21-11-13-24-14-12-21/h1-8,20H,9-14H2/p+1. The van der Waals surface area contributed by atoms with E-state index in [1.54, 1.807) is 24.3 Å². The summed E-state index contributed by atoms with van der Waals surface area (Å²) in [6, 6.07) is 13.4. The van der Waals surface area contributed by atoms with Crippen molar-refractivity contribution in [3.05, 3.63) is 53.6 Å². The zero-order valence-corrected chi connectivity index (χ0v) is 15.9. The van der Waals surface area contributed by atoms with Crippen LogP contribution in [0.4, 0.5) is 0 Å². The van der Waals surface area contributed by atoms with Gasteiger partial charge in [-0.2, -0.15) is 0 Å². The molecule has 26 heavy (non-hydrogen) atoms. The van der Waals surface area contributed by atoms with Gasteiger partial charge < -0.3 is 14.4 Å². The number of sulfonamides is 1. The van der Waals surface area contributed by atoms with Gasteiger partial charge >= 0.3 is 0 Å². The van der Waals surface area contributed by atoms with Crippen LogP contribution in [0.15, 0.2) is 53.4 Å². The van der Waals surface area contributed by atoms with Crippen LogP contribution in [0.1, 0.15) is 0 Å². The number of hydrogen-bond donors (Lipinski definition) is 2. The van der Waals surface area contributed by atoms with Gasteiger partial charge in [0.25, 0.3) is 0 Å². The summed E-state index contributed by atoms with van der Waals surface area (Å²) in [6.45, 7) is 4.43. The molecule has 2 aromatic rings. The number of halogens is 1. The second-order valence-electron chi connectivity index (χ2n) is 6.01. The van der Waals surface area contributed by atoms with E-state index in [0.717, 1.165) is 32.8 Å². The van der Waals surface area contributed by atoms with E-state index in [2.05, 4.69) is 4.72 Å². The lowest BCUT2D eigenvalue weighted by molar-refractivity contribution is -0.906. The van der Waals surface area contributed by atoms with Crippen LogP contribution in [-0.2, 0) is 14.8 Å². The first kappa shape index (κ1) is 19.1. The molecule has 3 rings (SSSR count). The maximum atomic E-state index is 12.4. The van der Waals surface area contributed by atoms with Crippen LogP contribution in [0.2, 0.25) is 5.02 Å². The second kappa shape index (κ2) is 8.83. The number of morpholine rings is 1. The van der Waals surface area contributed by atoms with Crippen LogP contribution in [0, 0.1) is 0 Å². The summed E-state index contributed by atoms with van der Waals surface area (Å²) in [5.74, 6) is 1.05. The van der Waals surface area contributed by atoms with E-state index < -0.39 is 10.0 Å². The van der Waals surface area contributed by atoms with E-state index in [0.29, 0.717) is 23.1 Å². The smallest absolute Gasteiger partial charge is 0.240 e. The maximum absolute atomic E-state index is 12.4. The molecule has 1 saturated heterocycles. The molecule has 1 aliphatic heterocycles. The monoisotopic (exact) mass is 397 g/mol. The molecule has 2 N–H and O–H groups in total. The van der Waals surface area contributed by atoms with Crippen LogP contribution in [0.5, 0.6) is 11.5 Å². The Balaban J connectivity index is 1.57. The summed E-state index contributed by atoms with van der Waals surface area (Å²) in [5.41, 5.74) is 0. The van der Waals surface area contributed by atoms with Crippen molar-refractivity contribution in [2.45, 2.75) is 4.90 Å². The molecule has 1 fully saturated rings. The van der Waals surface area contributed by atoms with Crippen molar-refractivity contribution >= 4 is 21.6 Å². The van der Waals surface area contributed by atoms with Gasteiger partial charge in [0.15, 0.2) is 0 Å². The van der Waals surface area contributed by atoms with E-state index in [1.165, 1.54) is 17.0 Å². The quantitative estimate of drug-likeness (QED) is 0.739. The number of benzene rings is 2. The predicted octanol–water partition coefficient (Wildman–Crippen LogP) is 1.33. The van der Waals surface area contributed by atoms with Gasteiger partial charge in [-0.3, -0.25) is 0 Å². The second-order valence-corrected chi connectivity index (χ2v) is 8.19. The summed E-state index contributed by atoms with van der Waals surface area (Å²) in [5, 5.41) is 0.497. The van der Waals surface area contributed by atoms with Gasteiger partial charge in [0, 0.05) is 0 Å². The van der Waals surface area contributed by atoms with E-state index in [9.17, 15) is 8.42 Å². The third-order valence-corrected chi connectivity index (χ3v) is 5.96. The van der Waals surface area contributed by atoms with E-state index >= 15 is 0 Å². The molecule has 0 radical (unpaired) electrons. The molecule has 0 saturated carbocycles. The average Bonchev–Trinajstić information content (AvgIpc) is 2.65. The minimum atomic E-state index is -3.54. The van der Waals surface area contributed by atoms with Crippen molar-refractivity contribution in [3.8, 4) is 11.5 Å². The zero-order valence-electron chi connectivity index (χ0n) is 14.3. The highest BCUT2D eigenvalue weighted by atomic mass is 35.5. The zero-order chi connectivity index (χ0) is 18.4. The lowest BCUT2D eigenvalue weighted by Crippen LogP contribution is -3.14. The SMILES string of the molecule is O=S(=O)(NCC[NH+]1CCOCC1)c1ccc(Oc2ccccc2Cl)cc1. The number of nitrogens with one attached hydrogen (secondary N) is 2. The van der Waals surface area contributed by atoms with Crippen molar-refractivity contribution in [2.24, 2.45) is 0 Å². The number of para-hydroxylation sites is 1. The first-order chi connectivity index (χ1) is 12.5. The number of quaternary nitrogens is 1. The Bertz CT molecular complexity index is 821. The first-order valence-electron chi connectivity index (χ1n) is 8.48. The van der Waals surface area contributed by atoms with Gasteiger partial charge in [-0.25, -0.2) is 13.1 Å². The predicted molar refractivity (Wildman–Crippen MR) is 99.5 cm³/mol. The Hall–Kier alpha value is -1.64. The third-order valence-electron chi connectivity index (χ3n) is 4.17. The molecule has 1 heterocycles. The van der Waals surface area contributed by atoms with Crippen molar-refractivity contribution in [1.29, 1.82) is 0 Å². The van der Waals surface area contributed by atoms with Gasteiger partial charge in [-0.1, -0.05) is 23.7 Å². The largest absolute Gasteiger partial charge is 0.456 e. The molecule has 0 atom stereocenters. The van der Waals surface area contributed by atoms with Gasteiger partial charge in [0.1, 0.15) is 24.6 Å². The molecular weight excluding hydrogens is 376 g/mol. The number of ether oxygens (including phenoxy) is 2. The Morgan fingerprint density at radius 3 is 2.46 bits per heavy atom. The van der Waals surface area contributed by atoms with Crippen LogP contribution in [0.3, 0.4) is 0 Å². The summed E-state index contributed by atoms with van der Waals surface area (Å²) >= 11 is 6.06. The average molecular weight is 398 g/mol. The fraction of sp³-hybridized carbons (Fsp3) is 0.333. The summed E-state index contributed by atoms with van der Waals surface area (Å²) in [7, 11) is -3.54. The molecule has 0 bridgehead atoms. The van der Waals surface area contributed by atoms with Crippen molar-refractivity contribution < 1.29 is 22.8 Å². The van der Waals surface area contributed by atoms with Gasteiger partial charge in [-0.15, -0.1) is 0 Å². The Morgan fingerprint density at radius 1 is 1.08 bits per heavy atom.